The van der Waals surface area contributed by atoms with Gasteiger partial charge in [-0.25, -0.2) is 0 Å². The van der Waals surface area contributed by atoms with E-state index < -0.39 is 0 Å². The van der Waals surface area contributed by atoms with Gasteiger partial charge in [-0.1, -0.05) is 13.8 Å². The first-order chi connectivity index (χ1) is 9.51. The molecule has 4 nitrogen and oxygen atoms in total. The van der Waals surface area contributed by atoms with Gasteiger partial charge in [0.15, 0.2) is 0 Å². The minimum Gasteiger partial charge on any atom is -0.496 e. The van der Waals surface area contributed by atoms with Gasteiger partial charge < -0.3 is 15.0 Å². The number of benzene rings is 1. The van der Waals surface area contributed by atoms with E-state index >= 15 is 0 Å². The lowest BCUT2D eigenvalue weighted by molar-refractivity contribution is 0.0930. The quantitative estimate of drug-likeness (QED) is 0.828. The third kappa shape index (κ3) is 4.80. The first-order valence-corrected chi connectivity index (χ1v) is 7.67. The maximum atomic E-state index is 12.2. The van der Waals surface area contributed by atoms with Crippen molar-refractivity contribution in [1.82, 2.24) is 10.2 Å². The second kappa shape index (κ2) is 8.27. The lowest BCUT2D eigenvalue weighted by Crippen LogP contribution is -2.41. The predicted molar refractivity (Wildman–Crippen MR) is 85.4 cm³/mol. The summed E-state index contributed by atoms with van der Waals surface area (Å²) in [6, 6.07) is 5.44. The fraction of sp³-hybridized carbons (Fsp3) is 0.533. The van der Waals surface area contributed by atoms with Gasteiger partial charge in [-0.3, -0.25) is 4.79 Å². The summed E-state index contributed by atoms with van der Waals surface area (Å²) < 4.78 is 5.94. The van der Waals surface area contributed by atoms with Gasteiger partial charge in [-0.2, -0.15) is 0 Å². The molecule has 0 fully saturated rings. The fourth-order valence-corrected chi connectivity index (χ4v) is 2.57. The molecular formula is C15H23BrN2O2. The highest BCUT2D eigenvalue weighted by atomic mass is 79.9. The van der Waals surface area contributed by atoms with E-state index in [-0.39, 0.29) is 11.9 Å². The predicted octanol–water partition coefficient (Wildman–Crippen LogP) is 2.92. The van der Waals surface area contributed by atoms with Crippen molar-refractivity contribution in [1.29, 1.82) is 0 Å². The molecule has 0 saturated carbocycles. The van der Waals surface area contributed by atoms with E-state index in [2.05, 4.69) is 40.0 Å². The zero-order chi connectivity index (χ0) is 15.1. The van der Waals surface area contributed by atoms with Crippen molar-refractivity contribution in [3.63, 3.8) is 0 Å². The van der Waals surface area contributed by atoms with Crippen LogP contribution < -0.4 is 10.1 Å². The summed E-state index contributed by atoms with van der Waals surface area (Å²) in [6.07, 6.45) is 0. The molecule has 1 amide bonds. The molecule has 1 rings (SSSR count). The zero-order valence-electron chi connectivity index (χ0n) is 12.6. The van der Waals surface area contributed by atoms with Crippen molar-refractivity contribution in [2.45, 2.75) is 26.8 Å². The van der Waals surface area contributed by atoms with Crippen molar-refractivity contribution in [3.8, 4) is 5.75 Å². The van der Waals surface area contributed by atoms with Gasteiger partial charge in [0.2, 0.25) is 0 Å². The molecule has 0 spiro atoms. The van der Waals surface area contributed by atoms with E-state index in [0.717, 1.165) is 29.9 Å². The van der Waals surface area contributed by atoms with Crippen molar-refractivity contribution >= 4 is 21.8 Å². The normalized spacial score (nSPS) is 12.3. The van der Waals surface area contributed by atoms with Crippen LogP contribution in [0.3, 0.4) is 0 Å². The zero-order valence-corrected chi connectivity index (χ0v) is 14.2. The molecule has 1 N–H and O–H groups in total. The summed E-state index contributed by atoms with van der Waals surface area (Å²) >= 11 is 3.39. The average Bonchev–Trinajstić information content (AvgIpc) is 2.44. The number of nitrogens with zero attached hydrogens (tertiary/aromatic N) is 1. The van der Waals surface area contributed by atoms with Crippen LogP contribution in [0.25, 0.3) is 0 Å². The minimum atomic E-state index is -0.0620. The monoisotopic (exact) mass is 342 g/mol. The summed E-state index contributed by atoms with van der Waals surface area (Å²) in [4.78, 5) is 14.5. The molecule has 1 atom stereocenters. The maximum absolute atomic E-state index is 12.2. The second-order valence-electron chi connectivity index (χ2n) is 4.71. The Hall–Kier alpha value is -1.07. The van der Waals surface area contributed by atoms with Gasteiger partial charge in [0.25, 0.3) is 5.91 Å². The summed E-state index contributed by atoms with van der Waals surface area (Å²) in [5.41, 5.74) is 0.629. The first-order valence-electron chi connectivity index (χ1n) is 6.88. The lowest BCUT2D eigenvalue weighted by atomic mass is 10.2. The van der Waals surface area contributed by atoms with Crippen molar-refractivity contribution in [3.05, 3.63) is 28.2 Å². The largest absolute Gasteiger partial charge is 0.496 e. The van der Waals surface area contributed by atoms with Gasteiger partial charge in [0, 0.05) is 18.2 Å². The molecular weight excluding hydrogens is 320 g/mol. The Morgan fingerprint density at radius 3 is 2.55 bits per heavy atom. The van der Waals surface area contributed by atoms with Crippen LogP contribution in [0.4, 0.5) is 0 Å². The Kier molecular flexibility index (Phi) is 7.02. The first kappa shape index (κ1) is 17.0. The minimum absolute atomic E-state index is 0.0620. The van der Waals surface area contributed by atoms with E-state index in [4.69, 9.17) is 4.74 Å². The summed E-state index contributed by atoms with van der Waals surface area (Å²) in [5, 5.41) is 3.02. The molecule has 1 aromatic carbocycles. The number of rotatable bonds is 7. The van der Waals surface area contributed by atoms with Crippen LogP contribution in [-0.2, 0) is 0 Å². The van der Waals surface area contributed by atoms with Crippen LogP contribution in [0.15, 0.2) is 22.7 Å². The van der Waals surface area contributed by atoms with E-state index in [1.54, 1.807) is 25.3 Å². The molecule has 0 radical (unpaired) electrons. The molecule has 0 aromatic heterocycles. The molecule has 0 aliphatic rings. The highest BCUT2D eigenvalue weighted by Crippen LogP contribution is 2.25. The van der Waals surface area contributed by atoms with Crippen LogP contribution in [-0.4, -0.2) is 43.6 Å². The lowest BCUT2D eigenvalue weighted by Gasteiger charge is -2.23. The molecule has 112 valence electrons. The van der Waals surface area contributed by atoms with Crippen LogP contribution in [0.1, 0.15) is 31.1 Å². The molecule has 0 aliphatic carbocycles. The standard InChI is InChI=1S/C15H23BrN2O2/c1-5-18(6-2)10-11(3)17-15(19)12-7-8-14(20-4)13(16)9-12/h7-9,11H,5-6,10H2,1-4H3,(H,17,19). The van der Waals surface area contributed by atoms with Gasteiger partial charge in [0.05, 0.1) is 11.6 Å². The number of halogens is 1. The highest BCUT2D eigenvalue weighted by Gasteiger charge is 2.13. The number of ether oxygens (including phenoxy) is 1. The van der Waals surface area contributed by atoms with Crippen molar-refractivity contribution in [2.24, 2.45) is 0 Å². The SMILES string of the molecule is CCN(CC)CC(C)NC(=O)c1ccc(OC)c(Br)c1. The Morgan fingerprint density at radius 1 is 1.40 bits per heavy atom. The summed E-state index contributed by atoms with van der Waals surface area (Å²) in [7, 11) is 1.60. The Bertz CT molecular complexity index is 447. The Labute approximate surface area is 129 Å². The van der Waals surface area contributed by atoms with Crippen molar-refractivity contribution < 1.29 is 9.53 Å². The maximum Gasteiger partial charge on any atom is 0.251 e. The molecule has 1 aromatic rings. The van der Waals surface area contributed by atoms with Gasteiger partial charge in [0.1, 0.15) is 5.75 Å². The second-order valence-corrected chi connectivity index (χ2v) is 5.56. The van der Waals surface area contributed by atoms with Gasteiger partial charge in [-0.05, 0) is 54.1 Å². The number of carbonyl (C=O) groups excluding carboxylic acids is 1. The summed E-state index contributed by atoms with van der Waals surface area (Å²) in [5.74, 6) is 0.658. The number of amides is 1. The molecule has 0 heterocycles. The molecule has 5 heteroatoms. The van der Waals surface area contributed by atoms with Crippen molar-refractivity contribution in [2.75, 3.05) is 26.7 Å². The number of hydrogen-bond donors (Lipinski definition) is 1. The summed E-state index contributed by atoms with van der Waals surface area (Å²) in [6.45, 7) is 9.11. The van der Waals surface area contributed by atoms with E-state index in [9.17, 15) is 4.79 Å². The number of nitrogens with one attached hydrogen (secondary N) is 1. The highest BCUT2D eigenvalue weighted by molar-refractivity contribution is 9.10. The van der Waals surface area contributed by atoms with E-state index in [1.807, 2.05) is 6.92 Å². The number of carbonyl (C=O) groups is 1. The van der Waals surface area contributed by atoms with Gasteiger partial charge in [-0.15, -0.1) is 0 Å². The Morgan fingerprint density at radius 2 is 2.05 bits per heavy atom. The molecule has 20 heavy (non-hydrogen) atoms. The molecule has 0 bridgehead atoms. The van der Waals surface area contributed by atoms with Crippen LogP contribution in [0, 0.1) is 0 Å². The number of hydrogen-bond acceptors (Lipinski definition) is 3. The molecule has 0 saturated heterocycles. The Balaban J connectivity index is 2.64. The smallest absolute Gasteiger partial charge is 0.251 e. The van der Waals surface area contributed by atoms with E-state index in [1.165, 1.54) is 0 Å². The fourth-order valence-electron chi connectivity index (χ4n) is 2.03. The van der Waals surface area contributed by atoms with Crippen LogP contribution >= 0.6 is 15.9 Å². The molecule has 1 unspecified atom stereocenters. The number of methoxy groups -OCH3 is 1. The topological polar surface area (TPSA) is 41.6 Å². The average molecular weight is 343 g/mol. The molecule has 0 aliphatic heterocycles. The van der Waals surface area contributed by atoms with E-state index in [0.29, 0.717) is 5.56 Å². The van der Waals surface area contributed by atoms with Gasteiger partial charge >= 0.3 is 0 Å². The van der Waals surface area contributed by atoms with Crippen LogP contribution in [0.2, 0.25) is 0 Å². The van der Waals surface area contributed by atoms with Crippen LogP contribution in [0.5, 0.6) is 5.75 Å². The third-order valence-electron chi connectivity index (χ3n) is 3.22. The third-order valence-corrected chi connectivity index (χ3v) is 3.84. The number of likely N-dealkylation sites (N-methyl/N-ethyl adjacent to an activating group) is 1.